The Morgan fingerprint density at radius 2 is 1.88 bits per heavy atom. The molecule has 0 radical (unpaired) electrons. The first kappa shape index (κ1) is 17.3. The summed E-state index contributed by atoms with van der Waals surface area (Å²) in [4.78, 5) is 11.3. The van der Waals surface area contributed by atoms with Crippen molar-refractivity contribution >= 4 is 5.97 Å². The van der Waals surface area contributed by atoms with Crippen LogP contribution in [-0.4, -0.2) is 19.2 Å². The van der Waals surface area contributed by atoms with Gasteiger partial charge in [-0.15, -0.1) is 0 Å². The fourth-order valence-corrected chi connectivity index (χ4v) is 2.89. The van der Waals surface area contributed by atoms with Crippen molar-refractivity contribution < 1.29 is 19.0 Å². The third-order valence-corrected chi connectivity index (χ3v) is 4.17. The average Bonchev–Trinajstić information content (AvgIpc) is 3.04. The molecule has 0 spiro atoms. The summed E-state index contributed by atoms with van der Waals surface area (Å²) < 4.78 is 16.9. The van der Waals surface area contributed by atoms with Crippen molar-refractivity contribution in [3.05, 3.63) is 59.7 Å². The quantitative estimate of drug-likeness (QED) is 0.677. The first-order valence-corrected chi connectivity index (χ1v) is 8.82. The van der Waals surface area contributed by atoms with Gasteiger partial charge in [0.2, 0.25) is 0 Å². The van der Waals surface area contributed by atoms with Crippen molar-refractivity contribution in [1.82, 2.24) is 0 Å². The zero-order valence-corrected chi connectivity index (χ0v) is 14.6. The second kappa shape index (κ2) is 8.56. The summed E-state index contributed by atoms with van der Waals surface area (Å²) >= 11 is 0. The zero-order valence-electron chi connectivity index (χ0n) is 14.6. The molecule has 0 aliphatic carbocycles. The summed E-state index contributed by atoms with van der Waals surface area (Å²) in [5.74, 6) is 1.66. The smallest absolute Gasteiger partial charge is 0.306 e. The third-order valence-electron chi connectivity index (χ3n) is 4.17. The topological polar surface area (TPSA) is 44.8 Å². The Labute approximate surface area is 148 Å². The van der Waals surface area contributed by atoms with E-state index in [1.54, 1.807) is 0 Å². The molecule has 0 unspecified atom stereocenters. The van der Waals surface area contributed by atoms with Gasteiger partial charge in [0.1, 0.15) is 6.61 Å². The van der Waals surface area contributed by atoms with E-state index in [9.17, 15) is 4.79 Å². The normalized spacial score (nSPS) is 16.5. The van der Waals surface area contributed by atoms with Gasteiger partial charge >= 0.3 is 5.97 Å². The Morgan fingerprint density at radius 3 is 2.60 bits per heavy atom. The van der Waals surface area contributed by atoms with Crippen molar-refractivity contribution in [2.75, 3.05) is 13.2 Å². The van der Waals surface area contributed by atoms with Crippen LogP contribution in [0.3, 0.4) is 0 Å². The fourth-order valence-electron chi connectivity index (χ4n) is 2.89. The zero-order chi connectivity index (χ0) is 17.5. The van der Waals surface area contributed by atoms with E-state index in [4.69, 9.17) is 14.2 Å². The van der Waals surface area contributed by atoms with E-state index >= 15 is 0 Å². The molecule has 4 heteroatoms. The van der Waals surface area contributed by atoms with E-state index in [0.717, 1.165) is 35.5 Å². The van der Waals surface area contributed by atoms with E-state index in [1.807, 2.05) is 48.5 Å². The molecule has 3 rings (SSSR count). The van der Waals surface area contributed by atoms with Crippen LogP contribution in [-0.2, 0) is 22.6 Å². The van der Waals surface area contributed by atoms with E-state index in [2.05, 4.69) is 6.92 Å². The average molecular weight is 340 g/mol. The molecule has 0 aromatic heterocycles. The summed E-state index contributed by atoms with van der Waals surface area (Å²) in [7, 11) is 0. The molecule has 0 N–H and O–H groups in total. The van der Waals surface area contributed by atoms with Gasteiger partial charge in [-0.05, 0) is 36.1 Å². The van der Waals surface area contributed by atoms with Crippen molar-refractivity contribution in [3.63, 3.8) is 0 Å². The summed E-state index contributed by atoms with van der Waals surface area (Å²) in [5, 5.41) is 0. The lowest BCUT2D eigenvalue weighted by atomic mass is 9.98. The van der Waals surface area contributed by atoms with Gasteiger partial charge in [0.25, 0.3) is 0 Å². The standard InChI is InChI=1S/C21H24O4/c1-2-10-23-19-9-8-17(11-18-13-21(22)25-15-18)12-20(19)24-14-16-6-4-3-5-7-16/h3-9,12,18H,2,10-11,13-15H2,1H3/t18-/m1/s1. The highest BCUT2D eigenvalue weighted by atomic mass is 16.5. The largest absolute Gasteiger partial charge is 0.490 e. The SMILES string of the molecule is CCCOc1ccc(C[C@H]2COC(=O)C2)cc1OCc1ccccc1. The Hall–Kier alpha value is -2.49. The lowest BCUT2D eigenvalue weighted by Crippen LogP contribution is -2.05. The maximum absolute atomic E-state index is 11.3. The molecular formula is C21H24O4. The molecule has 1 atom stereocenters. The number of esters is 1. The van der Waals surface area contributed by atoms with Gasteiger partial charge in [-0.25, -0.2) is 0 Å². The number of carbonyl (C=O) groups excluding carboxylic acids is 1. The Kier molecular flexibility index (Phi) is 5.94. The first-order chi connectivity index (χ1) is 12.2. The van der Waals surface area contributed by atoms with Crippen LogP contribution in [0.1, 0.15) is 30.9 Å². The molecule has 0 amide bonds. The molecule has 1 fully saturated rings. The maximum Gasteiger partial charge on any atom is 0.306 e. The summed E-state index contributed by atoms with van der Waals surface area (Å²) in [6.07, 6.45) is 2.25. The van der Waals surface area contributed by atoms with Gasteiger partial charge in [0.05, 0.1) is 19.6 Å². The lowest BCUT2D eigenvalue weighted by molar-refractivity contribution is -0.137. The van der Waals surface area contributed by atoms with Crippen LogP contribution < -0.4 is 9.47 Å². The van der Waals surface area contributed by atoms with Gasteiger partial charge in [-0.3, -0.25) is 4.79 Å². The van der Waals surface area contributed by atoms with Crippen molar-refractivity contribution in [2.24, 2.45) is 5.92 Å². The molecule has 2 aromatic rings. The second-order valence-electron chi connectivity index (χ2n) is 6.36. The minimum absolute atomic E-state index is 0.103. The van der Waals surface area contributed by atoms with E-state index in [-0.39, 0.29) is 11.9 Å². The molecule has 132 valence electrons. The Balaban J connectivity index is 1.71. The fraction of sp³-hybridized carbons (Fsp3) is 0.381. The predicted molar refractivity (Wildman–Crippen MR) is 95.8 cm³/mol. The van der Waals surface area contributed by atoms with Gasteiger partial charge in [-0.2, -0.15) is 0 Å². The Morgan fingerprint density at radius 1 is 1.04 bits per heavy atom. The monoisotopic (exact) mass is 340 g/mol. The van der Waals surface area contributed by atoms with E-state index in [1.165, 1.54) is 0 Å². The number of ether oxygens (including phenoxy) is 3. The highest BCUT2D eigenvalue weighted by molar-refractivity contribution is 5.71. The molecule has 25 heavy (non-hydrogen) atoms. The highest BCUT2D eigenvalue weighted by Gasteiger charge is 2.24. The van der Waals surface area contributed by atoms with Crippen LogP contribution in [0.15, 0.2) is 48.5 Å². The molecule has 4 nitrogen and oxygen atoms in total. The number of rotatable bonds is 8. The van der Waals surface area contributed by atoms with Crippen LogP contribution >= 0.6 is 0 Å². The van der Waals surface area contributed by atoms with Gasteiger partial charge in [0, 0.05) is 5.92 Å². The number of hydrogen-bond acceptors (Lipinski definition) is 4. The maximum atomic E-state index is 11.3. The molecule has 1 saturated heterocycles. The third kappa shape index (κ3) is 4.99. The van der Waals surface area contributed by atoms with E-state index < -0.39 is 0 Å². The van der Waals surface area contributed by atoms with Gasteiger partial charge in [-0.1, -0.05) is 43.3 Å². The van der Waals surface area contributed by atoms with Crippen LogP contribution in [0.2, 0.25) is 0 Å². The summed E-state index contributed by atoms with van der Waals surface area (Å²) in [5.41, 5.74) is 2.25. The van der Waals surface area contributed by atoms with Gasteiger partial charge < -0.3 is 14.2 Å². The van der Waals surface area contributed by atoms with Crippen LogP contribution in [0.5, 0.6) is 11.5 Å². The lowest BCUT2D eigenvalue weighted by Gasteiger charge is -2.15. The number of cyclic esters (lactones) is 1. The molecule has 0 bridgehead atoms. The highest BCUT2D eigenvalue weighted by Crippen LogP contribution is 2.31. The van der Waals surface area contributed by atoms with Crippen molar-refractivity contribution in [2.45, 2.75) is 32.8 Å². The van der Waals surface area contributed by atoms with Crippen molar-refractivity contribution in [1.29, 1.82) is 0 Å². The molecular weight excluding hydrogens is 316 g/mol. The Bertz CT molecular complexity index is 696. The van der Waals surface area contributed by atoms with Crippen molar-refractivity contribution in [3.8, 4) is 11.5 Å². The molecule has 1 aliphatic heterocycles. The van der Waals surface area contributed by atoms with Crippen LogP contribution in [0.25, 0.3) is 0 Å². The minimum Gasteiger partial charge on any atom is -0.490 e. The molecule has 0 saturated carbocycles. The summed E-state index contributed by atoms with van der Waals surface area (Å²) in [6, 6.07) is 16.1. The van der Waals surface area contributed by atoms with Crippen LogP contribution in [0, 0.1) is 5.92 Å². The molecule has 2 aromatic carbocycles. The first-order valence-electron chi connectivity index (χ1n) is 8.82. The molecule has 1 aliphatic rings. The number of benzene rings is 2. The number of carbonyl (C=O) groups is 1. The van der Waals surface area contributed by atoms with Crippen LogP contribution in [0.4, 0.5) is 0 Å². The minimum atomic E-state index is -0.103. The van der Waals surface area contributed by atoms with Gasteiger partial charge in [0.15, 0.2) is 11.5 Å². The number of hydrogen-bond donors (Lipinski definition) is 0. The van der Waals surface area contributed by atoms with E-state index in [0.29, 0.717) is 26.2 Å². The molecule has 1 heterocycles. The predicted octanol–water partition coefficient (Wildman–Crippen LogP) is 4.16. The second-order valence-corrected chi connectivity index (χ2v) is 6.36. The summed E-state index contributed by atoms with van der Waals surface area (Å²) in [6.45, 7) is 3.74.